The van der Waals surface area contributed by atoms with Gasteiger partial charge in [0, 0.05) is 52.1 Å². The van der Waals surface area contributed by atoms with Crippen LogP contribution in [-0.2, 0) is 10.8 Å². The Kier molecular flexibility index (Phi) is 6.27. The van der Waals surface area contributed by atoms with Crippen LogP contribution in [0.4, 0.5) is 5.82 Å². The highest BCUT2D eigenvalue weighted by atomic mass is 15.3. The second-order valence-corrected chi connectivity index (χ2v) is 16.3. The first kappa shape index (κ1) is 31.5. The average molecular weight is 700 g/mol. The predicted octanol–water partition coefficient (Wildman–Crippen LogP) is 11.3. The quantitative estimate of drug-likeness (QED) is 0.180. The van der Waals surface area contributed by atoms with Crippen LogP contribution in [0.15, 0.2) is 139 Å². The lowest BCUT2D eigenvalue weighted by atomic mass is 9.65. The lowest BCUT2D eigenvalue weighted by Gasteiger charge is -2.47. The van der Waals surface area contributed by atoms with Gasteiger partial charge in [0.2, 0.25) is 0 Å². The number of hydrogen-bond donors (Lipinski definition) is 0. The Hall–Kier alpha value is -6.07. The summed E-state index contributed by atoms with van der Waals surface area (Å²) < 4.78 is 2.57. The number of benzene rings is 5. The Morgan fingerprint density at radius 2 is 1.22 bits per heavy atom. The van der Waals surface area contributed by atoms with Gasteiger partial charge in [0.15, 0.2) is 11.6 Å². The molecule has 2 aliphatic heterocycles. The van der Waals surface area contributed by atoms with E-state index in [0.717, 1.165) is 17.0 Å². The minimum Gasteiger partial charge on any atom is -0.333 e. The van der Waals surface area contributed by atoms with E-state index in [9.17, 15) is 0 Å². The van der Waals surface area contributed by atoms with Gasteiger partial charge in [0.25, 0.3) is 0 Å². The van der Waals surface area contributed by atoms with Crippen molar-refractivity contribution < 1.29 is 0 Å². The number of para-hydroxylation sites is 1. The van der Waals surface area contributed by atoms with E-state index in [1.54, 1.807) is 0 Å². The molecule has 0 saturated heterocycles. The van der Waals surface area contributed by atoms with Gasteiger partial charge in [0.05, 0.1) is 16.6 Å². The number of allylic oxidation sites excluding steroid dienone is 3. The van der Waals surface area contributed by atoms with Gasteiger partial charge in [-0.05, 0) is 58.0 Å². The second-order valence-electron chi connectivity index (χ2n) is 16.3. The smallest absolute Gasteiger partial charge is 0.164 e. The third-order valence-electron chi connectivity index (χ3n) is 13.0. The zero-order chi connectivity index (χ0) is 36.7. The molecule has 2 aromatic heterocycles. The van der Waals surface area contributed by atoms with Gasteiger partial charge in [-0.15, -0.1) is 0 Å². The summed E-state index contributed by atoms with van der Waals surface area (Å²) in [6.45, 7) is 11.9. The Balaban J connectivity index is 1.35. The molecule has 3 atom stereocenters. The summed E-state index contributed by atoms with van der Waals surface area (Å²) in [6, 6.07) is 43.9. The highest BCUT2D eigenvalue weighted by Crippen LogP contribution is 2.60. The Labute approximate surface area is 316 Å². The van der Waals surface area contributed by atoms with Crippen LogP contribution in [0.25, 0.3) is 56.1 Å². The molecule has 0 amide bonds. The number of aromatic nitrogens is 4. The SMILES string of the molecule is CC1C(c2ccccc2)=CC2(C)C3=C1C(C)c1c(n(c4ccccc14)-c1cccc4c1C(C)(C)c1c(cccc1-4)-c1nc(-c4ccccc4)nc2n1)N3C. The molecule has 4 aliphatic rings. The number of rotatable bonds is 2. The molecule has 0 spiro atoms. The summed E-state index contributed by atoms with van der Waals surface area (Å²) in [5.74, 6) is 3.67. The number of hydrogen-bond acceptors (Lipinski definition) is 4. The van der Waals surface area contributed by atoms with Crippen molar-refractivity contribution in [3.8, 4) is 39.6 Å². The molecule has 3 unspecified atom stereocenters. The van der Waals surface area contributed by atoms with Gasteiger partial charge in [-0.1, -0.05) is 143 Å². The monoisotopic (exact) mass is 699 g/mol. The van der Waals surface area contributed by atoms with Crippen molar-refractivity contribution in [2.24, 2.45) is 5.92 Å². The van der Waals surface area contributed by atoms with E-state index < -0.39 is 5.41 Å². The fraction of sp³-hybridized carbons (Fsp3) is 0.204. The van der Waals surface area contributed by atoms with Crippen LogP contribution in [0.3, 0.4) is 0 Å². The molecule has 54 heavy (non-hydrogen) atoms. The van der Waals surface area contributed by atoms with E-state index >= 15 is 0 Å². The van der Waals surface area contributed by atoms with Crippen LogP contribution in [0.1, 0.15) is 68.6 Å². The third-order valence-corrected chi connectivity index (χ3v) is 13.0. The van der Waals surface area contributed by atoms with E-state index in [2.05, 4.69) is 172 Å². The van der Waals surface area contributed by atoms with Gasteiger partial charge in [-0.25, -0.2) is 15.0 Å². The first-order chi connectivity index (χ1) is 26.2. The zero-order valence-corrected chi connectivity index (χ0v) is 31.5. The van der Waals surface area contributed by atoms with Gasteiger partial charge in [-0.3, -0.25) is 4.57 Å². The topological polar surface area (TPSA) is 46.8 Å². The molecule has 5 aromatic carbocycles. The minimum atomic E-state index is -0.702. The molecular weight excluding hydrogens is 659 g/mol. The number of anilines is 1. The molecule has 2 aliphatic carbocycles. The van der Waals surface area contributed by atoms with Crippen molar-refractivity contribution >= 4 is 22.3 Å². The normalized spacial score (nSPS) is 21.4. The molecule has 7 aromatic rings. The summed E-state index contributed by atoms with van der Waals surface area (Å²) in [6.07, 6.45) is 2.47. The van der Waals surface area contributed by atoms with Crippen LogP contribution in [0, 0.1) is 5.92 Å². The number of likely N-dealkylation sites (N-methyl/N-ethyl adjacent to an activating group) is 1. The molecule has 5 heteroatoms. The summed E-state index contributed by atoms with van der Waals surface area (Å²) in [4.78, 5) is 18.9. The van der Waals surface area contributed by atoms with Gasteiger partial charge in [-0.2, -0.15) is 0 Å². The molecule has 262 valence electrons. The lowest BCUT2D eigenvalue weighted by molar-refractivity contribution is 0.553. The minimum absolute atomic E-state index is 0.130. The lowest BCUT2D eigenvalue weighted by Crippen LogP contribution is -2.43. The van der Waals surface area contributed by atoms with Crippen LogP contribution in [-0.4, -0.2) is 26.6 Å². The van der Waals surface area contributed by atoms with E-state index in [4.69, 9.17) is 15.0 Å². The summed E-state index contributed by atoms with van der Waals surface area (Å²) >= 11 is 0. The Morgan fingerprint density at radius 3 is 1.98 bits per heavy atom. The van der Waals surface area contributed by atoms with E-state index in [0.29, 0.717) is 11.6 Å². The van der Waals surface area contributed by atoms with E-state index in [1.165, 1.54) is 72.6 Å². The van der Waals surface area contributed by atoms with Crippen molar-refractivity contribution in [3.05, 3.63) is 167 Å². The Morgan fingerprint density at radius 1 is 0.593 bits per heavy atom. The van der Waals surface area contributed by atoms with E-state index in [1.807, 2.05) is 6.07 Å². The number of fused-ring (bicyclic) bond motifs is 9. The molecular formula is C49H41N5. The molecule has 0 saturated carbocycles. The zero-order valence-electron chi connectivity index (χ0n) is 31.5. The van der Waals surface area contributed by atoms with Crippen molar-refractivity contribution in [2.75, 3.05) is 11.9 Å². The highest BCUT2D eigenvalue weighted by Gasteiger charge is 2.50. The van der Waals surface area contributed by atoms with Crippen LogP contribution in [0.2, 0.25) is 0 Å². The average Bonchev–Trinajstić information content (AvgIpc) is 3.68. The van der Waals surface area contributed by atoms with Crippen LogP contribution < -0.4 is 4.90 Å². The van der Waals surface area contributed by atoms with Crippen molar-refractivity contribution in [1.82, 2.24) is 19.5 Å². The summed E-state index contributed by atoms with van der Waals surface area (Å²) in [5, 5.41) is 1.30. The number of nitrogens with zero attached hydrogens (tertiary/aromatic N) is 5. The predicted molar refractivity (Wildman–Crippen MR) is 220 cm³/mol. The molecule has 0 N–H and O–H groups in total. The third kappa shape index (κ3) is 3.91. The first-order valence-electron chi connectivity index (χ1n) is 19.2. The van der Waals surface area contributed by atoms with Crippen molar-refractivity contribution in [3.63, 3.8) is 0 Å². The maximum atomic E-state index is 5.61. The fourth-order valence-corrected chi connectivity index (χ4v) is 10.8. The standard InChI is InChI=1S/C49H41N5/c1-28-36(30-17-9-7-10-18-30)27-49(5)43-39(28)29(2)40-34-21-13-14-25-37(34)54(46(40)53(43)6)38-26-16-23-33-32-22-15-24-35(41(32)48(3,4)42(33)38)45-50-44(51-47(49)52-45)31-19-11-8-12-20-31/h7-29H,1-6H3. The van der Waals surface area contributed by atoms with Crippen LogP contribution in [0.5, 0.6) is 0 Å². The molecule has 6 bridgehead atoms. The molecule has 11 rings (SSSR count). The molecule has 4 heterocycles. The molecule has 0 radical (unpaired) electrons. The summed E-state index contributed by atoms with van der Waals surface area (Å²) in [7, 11) is 2.28. The maximum Gasteiger partial charge on any atom is 0.164 e. The molecule has 5 nitrogen and oxygen atoms in total. The van der Waals surface area contributed by atoms with Gasteiger partial charge in [0.1, 0.15) is 11.6 Å². The highest BCUT2D eigenvalue weighted by molar-refractivity contribution is 5.98. The van der Waals surface area contributed by atoms with Crippen molar-refractivity contribution in [1.29, 1.82) is 0 Å². The molecule has 0 fully saturated rings. The largest absolute Gasteiger partial charge is 0.333 e. The first-order valence-corrected chi connectivity index (χ1v) is 19.2. The van der Waals surface area contributed by atoms with E-state index in [-0.39, 0.29) is 17.3 Å². The fourth-order valence-electron chi connectivity index (χ4n) is 10.8. The van der Waals surface area contributed by atoms with Crippen molar-refractivity contribution in [2.45, 2.75) is 51.4 Å². The van der Waals surface area contributed by atoms with Gasteiger partial charge >= 0.3 is 0 Å². The summed E-state index contributed by atoms with van der Waals surface area (Å²) in [5.41, 5.74) is 15.1. The van der Waals surface area contributed by atoms with Gasteiger partial charge < -0.3 is 4.90 Å². The van der Waals surface area contributed by atoms with Crippen LogP contribution >= 0.6 is 0 Å². The Bertz CT molecular complexity index is 2810. The second kappa shape index (κ2) is 10.8. The maximum absolute atomic E-state index is 5.61.